The van der Waals surface area contributed by atoms with Crippen LogP contribution in [0.1, 0.15) is 29.3 Å². The quantitative estimate of drug-likeness (QED) is 0.628. The second kappa shape index (κ2) is 7.52. The number of carbonyl (C=O) groups is 1. The van der Waals surface area contributed by atoms with Gasteiger partial charge < -0.3 is 25.4 Å². The molecule has 1 fully saturated rings. The van der Waals surface area contributed by atoms with Crippen LogP contribution in [0.4, 0.5) is 8.78 Å². The summed E-state index contributed by atoms with van der Waals surface area (Å²) in [5.74, 6) is -2.51. The lowest BCUT2D eigenvalue weighted by Gasteiger charge is -2.42. The van der Waals surface area contributed by atoms with Gasteiger partial charge in [-0.25, -0.2) is 8.78 Å². The van der Waals surface area contributed by atoms with Crippen LogP contribution in [0.15, 0.2) is 12.1 Å². The number of nitrogens with one attached hydrogen (secondary N) is 1. The molecule has 1 amide bonds. The van der Waals surface area contributed by atoms with Gasteiger partial charge in [0.2, 0.25) is 0 Å². The van der Waals surface area contributed by atoms with Crippen LogP contribution in [0.2, 0.25) is 0 Å². The first kappa shape index (κ1) is 18.7. The van der Waals surface area contributed by atoms with Gasteiger partial charge in [0.1, 0.15) is 29.9 Å². The molecule has 0 aromatic heterocycles. The Morgan fingerprint density at radius 1 is 1.21 bits per heavy atom. The molecule has 0 radical (unpaired) electrons. The van der Waals surface area contributed by atoms with Gasteiger partial charge in [0, 0.05) is 11.1 Å². The van der Waals surface area contributed by atoms with Gasteiger partial charge in [-0.05, 0) is 25.5 Å². The summed E-state index contributed by atoms with van der Waals surface area (Å²) in [6, 6.07) is 0.822. The van der Waals surface area contributed by atoms with Crippen molar-refractivity contribution in [3.05, 3.63) is 34.9 Å². The van der Waals surface area contributed by atoms with Gasteiger partial charge in [0.05, 0.1) is 18.8 Å². The highest BCUT2D eigenvalue weighted by molar-refractivity contribution is 5.94. The molecule has 1 aliphatic rings. The molecule has 1 aliphatic heterocycles. The molecule has 2 rings (SSSR count). The van der Waals surface area contributed by atoms with Crippen molar-refractivity contribution in [3.8, 4) is 0 Å². The largest absolute Gasteiger partial charge is 0.394 e. The maximum atomic E-state index is 13.6. The van der Waals surface area contributed by atoms with Crippen molar-refractivity contribution in [2.24, 2.45) is 0 Å². The third-order valence-corrected chi connectivity index (χ3v) is 4.27. The molecule has 0 bridgehead atoms. The minimum Gasteiger partial charge on any atom is -0.394 e. The fraction of sp³-hybridized carbons (Fsp3) is 0.562. The fourth-order valence-electron chi connectivity index (χ4n) is 2.73. The summed E-state index contributed by atoms with van der Waals surface area (Å²) in [6.45, 7) is 2.52. The van der Waals surface area contributed by atoms with Gasteiger partial charge >= 0.3 is 0 Å². The molecular formula is C16H21F2NO5. The zero-order valence-electron chi connectivity index (χ0n) is 13.4. The molecule has 6 nitrogen and oxygen atoms in total. The molecular weight excluding hydrogens is 324 g/mol. The number of hydrogen-bond donors (Lipinski definition) is 4. The Kier molecular flexibility index (Phi) is 5.87. The predicted molar refractivity (Wildman–Crippen MR) is 80.4 cm³/mol. The Balaban J connectivity index is 2.20. The molecule has 1 aromatic carbocycles. The molecule has 1 aromatic rings. The maximum absolute atomic E-state index is 13.6. The standard InChI is InChI=1S/C16H21F2NO5/c1-3-11-13(15(22)14(21)12(6-20)24-11)19-16(23)8-4-9(17)7(2)10(18)5-8/h4-5,11-15,20-22H,3,6H2,1-2H3,(H,19,23)/t11-,12?,13-,14+,15?/m1/s1. The summed E-state index contributed by atoms with van der Waals surface area (Å²) in [6.07, 6.45) is -4.02. The number of rotatable bonds is 4. The number of aliphatic hydroxyl groups is 3. The van der Waals surface area contributed by atoms with Crippen LogP contribution in [-0.4, -0.2) is 58.3 Å². The van der Waals surface area contributed by atoms with Crippen molar-refractivity contribution >= 4 is 5.91 Å². The van der Waals surface area contributed by atoms with E-state index in [4.69, 9.17) is 9.84 Å². The number of benzene rings is 1. The summed E-state index contributed by atoms with van der Waals surface area (Å²) in [5.41, 5.74) is -0.434. The van der Waals surface area contributed by atoms with E-state index in [2.05, 4.69) is 5.32 Å². The van der Waals surface area contributed by atoms with Crippen LogP contribution in [0, 0.1) is 18.6 Å². The number of amides is 1. The van der Waals surface area contributed by atoms with Gasteiger partial charge in [-0.15, -0.1) is 0 Å². The zero-order valence-corrected chi connectivity index (χ0v) is 13.4. The molecule has 134 valence electrons. The number of carbonyl (C=O) groups excluding carboxylic acids is 1. The third-order valence-electron chi connectivity index (χ3n) is 4.27. The first-order chi connectivity index (χ1) is 11.3. The van der Waals surface area contributed by atoms with Crippen LogP contribution in [-0.2, 0) is 4.74 Å². The Morgan fingerprint density at radius 2 is 1.79 bits per heavy atom. The molecule has 0 spiro atoms. The topological polar surface area (TPSA) is 99.0 Å². The smallest absolute Gasteiger partial charge is 0.251 e. The number of hydrogen-bond acceptors (Lipinski definition) is 5. The van der Waals surface area contributed by atoms with Crippen LogP contribution in [0.25, 0.3) is 0 Å². The highest BCUT2D eigenvalue weighted by Gasteiger charge is 2.44. The molecule has 5 atom stereocenters. The van der Waals surface area contributed by atoms with E-state index in [1.165, 1.54) is 6.92 Å². The second-order valence-electron chi connectivity index (χ2n) is 5.85. The lowest BCUT2D eigenvalue weighted by atomic mass is 9.91. The lowest BCUT2D eigenvalue weighted by molar-refractivity contribution is -0.193. The van der Waals surface area contributed by atoms with Gasteiger partial charge in [0.15, 0.2) is 0 Å². The zero-order chi connectivity index (χ0) is 18.0. The highest BCUT2D eigenvalue weighted by Crippen LogP contribution is 2.24. The van der Waals surface area contributed by atoms with Gasteiger partial charge in [-0.2, -0.15) is 0 Å². The van der Waals surface area contributed by atoms with E-state index in [1.807, 2.05) is 0 Å². The predicted octanol–water partition coefficient (Wildman–Crippen LogP) is 0.263. The average molecular weight is 345 g/mol. The summed E-state index contributed by atoms with van der Waals surface area (Å²) in [4.78, 5) is 12.3. The van der Waals surface area contributed by atoms with Crippen molar-refractivity contribution in [3.63, 3.8) is 0 Å². The van der Waals surface area contributed by atoms with E-state index in [1.54, 1.807) is 6.92 Å². The molecule has 24 heavy (non-hydrogen) atoms. The summed E-state index contributed by atoms with van der Waals surface area (Å²) in [7, 11) is 0. The van der Waals surface area contributed by atoms with Crippen LogP contribution < -0.4 is 5.32 Å². The van der Waals surface area contributed by atoms with Gasteiger partial charge in [0.25, 0.3) is 5.91 Å². The van der Waals surface area contributed by atoms with Crippen LogP contribution in [0.3, 0.4) is 0 Å². The van der Waals surface area contributed by atoms with Crippen molar-refractivity contribution in [2.75, 3.05) is 6.61 Å². The van der Waals surface area contributed by atoms with E-state index < -0.39 is 54.6 Å². The van der Waals surface area contributed by atoms with E-state index in [0.29, 0.717) is 6.42 Å². The minimum absolute atomic E-state index is 0.194. The van der Waals surface area contributed by atoms with E-state index in [9.17, 15) is 23.8 Å². The normalized spacial score (nSPS) is 30.2. The van der Waals surface area contributed by atoms with Crippen molar-refractivity contribution in [2.45, 2.75) is 50.7 Å². The number of ether oxygens (including phenoxy) is 1. The van der Waals surface area contributed by atoms with Crippen LogP contribution in [0.5, 0.6) is 0 Å². The van der Waals surface area contributed by atoms with Gasteiger partial charge in [-0.3, -0.25) is 4.79 Å². The Bertz CT molecular complexity index is 587. The molecule has 8 heteroatoms. The van der Waals surface area contributed by atoms with E-state index in [0.717, 1.165) is 12.1 Å². The Hall–Kier alpha value is -1.61. The molecule has 1 heterocycles. The van der Waals surface area contributed by atoms with E-state index in [-0.39, 0.29) is 11.1 Å². The second-order valence-corrected chi connectivity index (χ2v) is 5.85. The van der Waals surface area contributed by atoms with Crippen molar-refractivity contribution in [1.82, 2.24) is 5.32 Å². The molecule has 0 aliphatic carbocycles. The molecule has 4 N–H and O–H groups in total. The Morgan fingerprint density at radius 3 is 2.29 bits per heavy atom. The Labute approximate surface area is 138 Å². The lowest BCUT2D eigenvalue weighted by Crippen LogP contribution is -2.64. The van der Waals surface area contributed by atoms with Crippen molar-refractivity contribution < 1.29 is 33.6 Å². The summed E-state index contributed by atoms with van der Waals surface area (Å²) >= 11 is 0. The number of aliphatic hydroxyl groups excluding tert-OH is 3. The SMILES string of the molecule is CC[C@H]1OC(CO)[C@H](O)C(O)[C@@H]1NC(=O)c1cc(F)c(C)c(F)c1. The summed E-state index contributed by atoms with van der Waals surface area (Å²) < 4.78 is 32.7. The minimum atomic E-state index is -1.39. The number of halogens is 2. The first-order valence-corrected chi connectivity index (χ1v) is 7.69. The fourth-order valence-corrected chi connectivity index (χ4v) is 2.73. The monoisotopic (exact) mass is 345 g/mol. The first-order valence-electron chi connectivity index (χ1n) is 7.69. The molecule has 0 saturated carbocycles. The third kappa shape index (κ3) is 3.56. The van der Waals surface area contributed by atoms with Crippen molar-refractivity contribution in [1.29, 1.82) is 0 Å². The van der Waals surface area contributed by atoms with Crippen LogP contribution >= 0.6 is 0 Å². The highest BCUT2D eigenvalue weighted by atomic mass is 19.1. The average Bonchev–Trinajstić information content (AvgIpc) is 2.56. The molecule has 1 saturated heterocycles. The van der Waals surface area contributed by atoms with Gasteiger partial charge in [-0.1, -0.05) is 6.92 Å². The van der Waals surface area contributed by atoms with E-state index >= 15 is 0 Å². The molecule has 2 unspecified atom stereocenters. The maximum Gasteiger partial charge on any atom is 0.251 e. The summed E-state index contributed by atoms with van der Waals surface area (Å²) in [5, 5.41) is 31.7.